The molecule has 1 heterocycles. The first-order chi connectivity index (χ1) is 7.24. The number of aliphatic hydroxyl groups is 1. The summed E-state index contributed by atoms with van der Waals surface area (Å²) in [4.78, 5) is 1.44. The number of nitrogens with one attached hydrogen (secondary N) is 1. The van der Waals surface area contributed by atoms with Gasteiger partial charge in [-0.15, -0.1) is 11.3 Å². The zero-order chi connectivity index (χ0) is 11.1. The van der Waals surface area contributed by atoms with Gasteiger partial charge in [0.05, 0.1) is 0 Å². The van der Waals surface area contributed by atoms with Gasteiger partial charge in [0.15, 0.2) is 0 Å². The molecule has 86 valence electrons. The highest BCUT2D eigenvalue weighted by molar-refractivity contribution is 7.10. The van der Waals surface area contributed by atoms with Crippen molar-refractivity contribution < 1.29 is 5.11 Å². The lowest BCUT2D eigenvalue weighted by atomic mass is 10.1. The van der Waals surface area contributed by atoms with Gasteiger partial charge >= 0.3 is 0 Å². The summed E-state index contributed by atoms with van der Waals surface area (Å²) in [6, 6.07) is 2.16. The number of aryl methyl sites for hydroxylation is 1. The summed E-state index contributed by atoms with van der Waals surface area (Å²) in [5, 5.41) is 14.4. The molecule has 0 fully saturated rings. The fraction of sp³-hybridized carbons (Fsp3) is 0.667. The Balaban J connectivity index is 2.05. The molecule has 1 unspecified atom stereocenters. The Morgan fingerprint density at radius 1 is 1.53 bits per heavy atom. The summed E-state index contributed by atoms with van der Waals surface area (Å²) in [5.41, 5.74) is 1.39. The second-order valence-electron chi connectivity index (χ2n) is 4.13. The van der Waals surface area contributed by atoms with E-state index in [0.717, 1.165) is 25.9 Å². The van der Waals surface area contributed by atoms with Crippen LogP contribution in [0.3, 0.4) is 0 Å². The Morgan fingerprint density at radius 3 is 2.93 bits per heavy atom. The maximum Gasteiger partial charge on any atom is 0.0456 e. The van der Waals surface area contributed by atoms with Crippen LogP contribution in [0.25, 0.3) is 0 Å². The van der Waals surface area contributed by atoms with Crippen molar-refractivity contribution in [2.24, 2.45) is 5.92 Å². The van der Waals surface area contributed by atoms with Gasteiger partial charge in [0.25, 0.3) is 0 Å². The van der Waals surface area contributed by atoms with E-state index in [1.165, 1.54) is 10.4 Å². The summed E-state index contributed by atoms with van der Waals surface area (Å²) in [7, 11) is 0. The molecule has 0 amide bonds. The molecule has 0 aliphatic carbocycles. The molecule has 15 heavy (non-hydrogen) atoms. The van der Waals surface area contributed by atoms with E-state index in [2.05, 4.69) is 30.6 Å². The molecular weight excluding hydrogens is 206 g/mol. The molecule has 2 nitrogen and oxygen atoms in total. The van der Waals surface area contributed by atoms with Crippen molar-refractivity contribution in [1.82, 2.24) is 5.32 Å². The van der Waals surface area contributed by atoms with E-state index in [9.17, 15) is 0 Å². The minimum atomic E-state index is 0.310. The zero-order valence-corrected chi connectivity index (χ0v) is 10.4. The van der Waals surface area contributed by atoms with E-state index >= 15 is 0 Å². The van der Waals surface area contributed by atoms with Crippen molar-refractivity contribution >= 4 is 11.3 Å². The first-order valence-corrected chi connectivity index (χ1v) is 6.46. The number of aliphatic hydroxyl groups excluding tert-OH is 1. The van der Waals surface area contributed by atoms with Gasteiger partial charge in [0.1, 0.15) is 0 Å². The normalized spacial score (nSPS) is 13.0. The second-order valence-corrected chi connectivity index (χ2v) is 5.13. The molecule has 1 aromatic heterocycles. The predicted octanol–water partition coefficient (Wildman–Crippen LogP) is 2.55. The Bertz CT molecular complexity index is 272. The Kier molecular flexibility index (Phi) is 5.91. The van der Waals surface area contributed by atoms with E-state index < -0.39 is 0 Å². The lowest BCUT2D eigenvalue weighted by molar-refractivity contribution is 0.228. The van der Waals surface area contributed by atoms with Gasteiger partial charge in [-0.05, 0) is 49.2 Å². The van der Waals surface area contributed by atoms with Gasteiger partial charge < -0.3 is 10.4 Å². The first-order valence-electron chi connectivity index (χ1n) is 5.58. The maximum atomic E-state index is 8.86. The molecule has 0 saturated heterocycles. The van der Waals surface area contributed by atoms with Crippen molar-refractivity contribution in [2.75, 3.05) is 13.2 Å². The molecule has 0 radical (unpaired) electrons. The van der Waals surface area contributed by atoms with Crippen molar-refractivity contribution in [1.29, 1.82) is 0 Å². The third kappa shape index (κ3) is 4.78. The second kappa shape index (κ2) is 6.99. The molecule has 0 spiro atoms. The molecule has 0 saturated carbocycles. The van der Waals surface area contributed by atoms with Crippen molar-refractivity contribution in [3.8, 4) is 0 Å². The summed E-state index contributed by atoms with van der Waals surface area (Å²) < 4.78 is 0. The number of thiophene rings is 1. The monoisotopic (exact) mass is 227 g/mol. The number of hydrogen-bond donors (Lipinski definition) is 2. The fourth-order valence-corrected chi connectivity index (χ4v) is 2.33. The van der Waals surface area contributed by atoms with Crippen LogP contribution in [-0.2, 0) is 6.54 Å². The van der Waals surface area contributed by atoms with Crippen molar-refractivity contribution in [3.05, 3.63) is 21.9 Å². The molecular formula is C12H21NOS. The SMILES string of the molecule is Cc1ccsc1CNCCCC(C)CO. The lowest BCUT2D eigenvalue weighted by Gasteiger charge is -2.08. The average Bonchev–Trinajstić information content (AvgIpc) is 2.63. The van der Waals surface area contributed by atoms with Crippen LogP contribution in [0.15, 0.2) is 11.4 Å². The van der Waals surface area contributed by atoms with Crippen LogP contribution in [0.2, 0.25) is 0 Å². The van der Waals surface area contributed by atoms with E-state index in [0.29, 0.717) is 12.5 Å². The molecule has 0 aliphatic rings. The van der Waals surface area contributed by atoms with Gasteiger partial charge in [0.2, 0.25) is 0 Å². The minimum Gasteiger partial charge on any atom is -0.396 e. The number of hydrogen-bond acceptors (Lipinski definition) is 3. The highest BCUT2D eigenvalue weighted by atomic mass is 32.1. The maximum absolute atomic E-state index is 8.86. The molecule has 0 bridgehead atoms. The molecule has 0 aromatic carbocycles. The summed E-state index contributed by atoms with van der Waals surface area (Å²) >= 11 is 1.82. The standard InChI is InChI=1S/C12H21NOS/c1-10(9-14)4-3-6-13-8-12-11(2)5-7-15-12/h5,7,10,13-14H,3-4,6,8-9H2,1-2H3. The van der Waals surface area contributed by atoms with Crippen molar-refractivity contribution in [3.63, 3.8) is 0 Å². The molecule has 0 aliphatic heterocycles. The number of rotatable bonds is 7. The van der Waals surface area contributed by atoms with Crippen molar-refractivity contribution in [2.45, 2.75) is 33.2 Å². The fourth-order valence-electron chi connectivity index (χ4n) is 1.45. The first kappa shape index (κ1) is 12.7. The Labute approximate surface area is 96.3 Å². The quantitative estimate of drug-likeness (QED) is 0.702. The third-order valence-electron chi connectivity index (χ3n) is 2.62. The van der Waals surface area contributed by atoms with Gasteiger partial charge in [-0.2, -0.15) is 0 Å². The van der Waals surface area contributed by atoms with E-state index in [1.807, 2.05) is 11.3 Å². The van der Waals surface area contributed by atoms with Crippen LogP contribution in [0, 0.1) is 12.8 Å². The van der Waals surface area contributed by atoms with E-state index in [1.54, 1.807) is 0 Å². The third-order valence-corrected chi connectivity index (χ3v) is 3.64. The van der Waals surface area contributed by atoms with Crippen LogP contribution >= 0.6 is 11.3 Å². The predicted molar refractivity (Wildman–Crippen MR) is 66.2 cm³/mol. The van der Waals surface area contributed by atoms with Crippen LogP contribution in [0.5, 0.6) is 0 Å². The minimum absolute atomic E-state index is 0.310. The topological polar surface area (TPSA) is 32.3 Å². The summed E-state index contributed by atoms with van der Waals surface area (Å²) in [6.45, 7) is 6.58. The van der Waals surface area contributed by atoms with Crippen LogP contribution in [0.1, 0.15) is 30.2 Å². The van der Waals surface area contributed by atoms with E-state index in [-0.39, 0.29) is 0 Å². The van der Waals surface area contributed by atoms with Crippen LogP contribution in [0.4, 0.5) is 0 Å². The van der Waals surface area contributed by atoms with Gasteiger partial charge in [-0.3, -0.25) is 0 Å². The lowest BCUT2D eigenvalue weighted by Crippen LogP contribution is -2.15. The van der Waals surface area contributed by atoms with E-state index in [4.69, 9.17) is 5.11 Å². The van der Waals surface area contributed by atoms with Gasteiger partial charge in [0, 0.05) is 18.0 Å². The van der Waals surface area contributed by atoms with Gasteiger partial charge in [-0.25, -0.2) is 0 Å². The Hall–Kier alpha value is -0.380. The highest BCUT2D eigenvalue weighted by Gasteiger charge is 2.00. The molecule has 3 heteroatoms. The largest absolute Gasteiger partial charge is 0.396 e. The molecule has 1 rings (SSSR count). The summed E-state index contributed by atoms with van der Waals surface area (Å²) in [5.74, 6) is 0.440. The van der Waals surface area contributed by atoms with Gasteiger partial charge in [-0.1, -0.05) is 6.92 Å². The Morgan fingerprint density at radius 2 is 2.33 bits per heavy atom. The summed E-state index contributed by atoms with van der Waals surface area (Å²) in [6.07, 6.45) is 2.25. The zero-order valence-electron chi connectivity index (χ0n) is 9.62. The van der Waals surface area contributed by atoms with Crippen LogP contribution in [-0.4, -0.2) is 18.3 Å². The molecule has 2 N–H and O–H groups in total. The average molecular weight is 227 g/mol. The smallest absolute Gasteiger partial charge is 0.0456 e. The molecule has 1 aromatic rings. The van der Waals surface area contributed by atoms with Crippen LogP contribution < -0.4 is 5.32 Å². The highest BCUT2D eigenvalue weighted by Crippen LogP contribution is 2.14. The molecule has 1 atom stereocenters.